The summed E-state index contributed by atoms with van der Waals surface area (Å²) in [5.41, 5.74) is 3.60. The van der Waals surface area contributed by atoms with Gasteiger partial charge in [0.2, 0.25) is 10.0 Å². The van der Waals surface area contributed by atoms with Crippen LogP contribution in [0.4, 0.5) is 5.69 Å². The fraction of sp³-hybridized carbons (Fsp3) is 0.594. The zero-order valence-electron chi connectivity index (χ0n) is 23.6. The number of benzene rings is 2. The van der Waals surface area contributed by atoms with Crippen molar-refractivity contribution >= 4 is 33.2 Å². The number of methoxy groups -OCH3 is 1. The minimum absolute atomic E-state index is 0.0194. The molecule has 9 heteroatoms. The zero-order valence-corrected chi connectivity index (χ0v) is 25.2. The molecule has 2 aliphatic heterocycles. The average Bonchev–Trinajstić information content (AvgIpc) is 3.10. The molecule has 7 rings (SSSR count). The second kappa shape index (κ2) is 10.5. The normalized spacial score (nSPS) is 34.1. The molecule has 5 aliphatic rings. The van der Waals surface area contributed by atoms with Gasteiger partial charge in [-0.1, -0.05) is 24.1 Å². The van der Waals surface area contributed by atoms with Crippen LogP contribution in [0.5, 0.6) is 5.75 Å². The summed E-state index contributed by atoms with van der Waals surface area (Å²) in [6.07, 6.45) is 8.21. The van der Waals surface area contributed by atoms with Crippen molar-refractivity contribution < 1.29 is 22.7 Å². The Kier molecular flexibility index (Phi) is 7.02. The summed E-state index contributed by atoms with van der Waals surface area (Å²) in [5, 5.41) is 0.181. The van der Waals surface area contributed by atoms with Gasteiger partial charge in [-0.05, 0) is 111 Å². The van der Waals surface area contributed by atoms with E-state index in [-0.39, 0.29) is 17.4 Å². The quantitative estimate of drug-likeness (QED) is 0.468. The first-order valence-corrected chi connectivity index (χ1v) is 17.1. The van der Waals surface area contributed by atoms with E-state index >= 15 is 0 Å². The number of carbonyl (C=O) groups excluding carboxylic acids is 1. The van der Waals surface area contributed by atoms with E-state index in [1.165, 1.54) is 11.1 Å². The van der Waals surface area contributed by atoms with Crippen LogP contribution in [0.15, 0.2) is 36.4 Å². The molecule has 0 aromatic heterocycles. The highest BCUT2D eigenvalue weighted by molar-refractivity contribution is 7.90. The number of ether oxygens (including phenoxy) is 2. The van der Waals surface area contributed by atoms with E-state index in [1.54, 1.807) is 13.2 Å². The number of nitrogens with one attached hydrogen (secondary N) is 1. The molecule has 2 saturated carbocycles. The van der Waals surface area contributed by atoms with E-state index in [4.69, 9.17) is 21.1 Å². The van der Waals surface area contributed by atoms with Gasteiger partial charge < -0.3 is 14.4 Å². The van der Waals surface area contributed by atoms with Gasteiger partial charge in [0.25, 0.3) is 5.91 Å². The van der Waals surface area contributed by atoms with Gasteiger partial charge in [-0.3, -0.25) is 4.79 Å². The Morgan fingerprint density at radius 3 is 2.76 bits per heavy atom. The summed E-state index contributed by atoms with van der Waals surface area (Å²) in [6, 6.07) is 11.6. The largest absolute Gasteiger partial charge is 0.490 e. The molecule has 6 atom stereocenters. The van der Waals surface area contributed by atoms with Crippen LogP contribution >= 0.6 is 11.6 Å². The van der Waals surface area contributed by atoms with E-state index in [0.717, 1.165) is 74.5 Å². The predicted molar refractivity (Wildman–Crippen MR) is 159 cm³/mol. The summed E-state index contributed by atoms with van der Waals surface area (Å²) >= 11 is 6.41. The Morgan fingerprint density at radius 2 is 1.95 bits per heavy atom. The highest BCUT2D eigenvalue weighted by Gasteiger charge is 2.47. The lowest BCUT2D eigenvalue weighted by molar-refractivity contribution is -0.0589. The molecule has 1 amide bonds. The summed E-state index contributed by atoms with van der Waals surface area (Å²) in [5.74, 6) is 1.14. The van der Waals surface area contributed by atoms with Crippen molar-refractivity contribution in [2.24, 2.45) is 17.8 Å². The third kappa shape index (κ3) is 4.84. The first-order chi connectivity index (χ1) is 19.8. The van der Waals surface area contributed by atoms with Crippen molar-refractivity contribution in [3.8, 4) is 5.75 Å². The zero-order chi connectivity index (χ0) is 28.4. The molecule has 0 radical (unpaired) electrons. The van der Waals surface area contributed by atoms with E-state index in [0.29, 0.717) is 36.8 Å². The number of hydrogen-bond acceptors (Lipinski definition) is 6. The minimum Gasteiger partial charge on any atom is -0.490 e. The van der Waals surface area contributed by atoms with Crippen molar-refractivity contribution in [2.45, 2.75) is 74.6 Å². The van der Waals surface area contributed by atoms with Crippen LogP contribution in [-0.2, 0) is 26.6 Å². The number of sulfonamides is 1. The number of rotatable bonds is 1. The number of carbonyl (C=O) groups is 1. The summed E-state index contributed by atoms with van der Waals surface area (Å²) in [4.78, 5) is 15.8. The molecule has 2 aromatic carbocycles. The number of amides is 1. The second-order valence-corrected chi connectivity index (χ2v) is 15.4. The molecule has 220 valence electrons. The second-order valence-electron chi connectivity index (χ2n) is 13.0. The average molecular weight is 599 g/mol. The Bertz CT molecular complexity index is 1460. The van der Waals surface area contributed by atoms with Crippen LogP contribution in [0.3, 0.4) is 0 Å². The van der Waals surface area contributed by atoms with Crippen LogP contribution in [0.1, 0.15) is 72.9 Å². The van der Waals surface area contributed by atoms with Crippen LogP contribution in [0, 0.1) is 17.8 Å². The standard InChI is InChI=1S/C32H39ClN2O5S/c1-39-30-21-4-2-6-25(15-21)41(37,38)34-31(36)22-8-12-29-28(16-22)35(17-23-7-10-26(23)30)18-32(19-40-29)13-3-5-20-14-24(33)9-11-27(20)32/h8-9,11-12,14,16,21,23,25-26,30H,2-7,10,13,15,17-19H2,1H3,(H,34,36)/t21-,23+,25-,26-,30+,32+/m1/s1. The fourth-order valence-electron chi connectivity index (χ4n) is 8.54. The lowest BCUT2D eigenvalue weighted by Crippen LogP contribution is -2.51. The van der Waals surface area contributed by atoms with Gasteiger partial charge in [-0.2, -0.15) is 0 Å². The van der Waals surface area contributed by atoms with E-state index < -0.39 is 21.2 Å². The van der Waals surface area contributed by atoms with Gasteiger partial charge in [0.05, 0.1) is 23.6 Å². The molecule has 4 bridgehead atoms. The summed E-state index contributed by atoms with van der Waals surface area (Å²) < 4.78 is 42.0. The molecular weight excluding hydrogens is 560 g/mol. The Morgan fingerprint density at radius 1 is 1.07 bits per heavy atom. The van der Waals surface area contributed by atoms with Crippen molar-refractivity contribution in [2.75, 3.05) is 31.7 Å². The lowest BCUT2D eigenvalue weighted by atomic mass is 9.65. The predicted octanol–water partition coefficient (Wildman–Crippen LogP) is 5.49. The molecule has 3 aliphatic carbocycles. The van der Waals surface area contributed by atoms with Crippen molar-refractivity contribution in [3.63, 3.8) is 0 Å². The number of aryl methyl sites for hydroxylation is 1. The van der Waals surface area contributed by atoms with E-state index in [1.807, 2.05) is 18.2 Å². The fourth-order valence-corrected chi connectivity index (χ4v) is 10.3. The maximum absolute atomic E-state index is 13.4. The topological polar surface area (TPSA) is 84.9 Å². The minimum atomic E-state index is -3.82. The van der Waals surface area contributed by atoms with Crippen LogP contribution in [0.25, 0.3) is 0 Å². The number of fused-ring (bicyclic) bond motifs is 6. The molecular formula is C32H39ClN2O5S. The molecule has 7 nitrogen and oxygen atoms in total. The van der Waals surface area contributed by atoms with Gasteiger partial charge >= 0.3 is 0 Å². The third-order valence-corrected chi connectivity index (χ3v) is 12.7. The van der Waals surface area contributed by atoms with Crippen molar-refractivity contribution in [1.29, 1.82) is 0 Å². The number of nitrogens with zero attached hydrogens (tertiary/aromatic N) is 1. The molecule has 0 unspecified atom stereocenters. The smallest absolute Gasteiger partial charge is 0.264 e. The SMILES string of the molecule is CO[C@H]1[C@@H]2CCC[C@H](C2)S(=O)(=O)NC(=O)c2ccc3c(c2)N(C[C@@H]2CC[C@H]21)C[C@@]1(CCCc2cc(Cl)ccc21)CO3. The summed E-state index contributed by atoms with van der Waals surface area (Å²) in [6.45, 7) is 2.17. The van der Waals surface area contributed by atoms with E-state index in [9.17, 15) is 13.2 Å². The number of anilines is 1. The molecule has 1 N–H and O–H groups in total. The Hall–Kier alpha value is -2.29. The van der Waals surface area contributed by atoms with Gasteiger partial charge in [-0.25, -0.2) is 13.1 Å². The molecule has 2 heterocycles. The molecule has 41 heavy (non-hydrogen) atoms. The van der Waals surface area contributed by atoms with Crippen molar-refractivity contribution in [1.82, 2.24) is 4.72 Å². The first-order valence-electron chi connectivity index (χ1n) is 15.2. The first kappa shape index (κ1) is 27.5. The van der Waals surface area contributed by atoms with E-state index in [2.05, 4.69) is 21.8 Å². The van der Waals surface area contributed by atoms with Crippen LogP contribution in [0.2, 0.25) is 5.02 Å². The maximum Gasteiger partial charge on any atom is 0.264 e. The highest BCUT2D eigenvalue weighted by atomic mass is 35.5. The molecule has 2 fully saturated rings. The van der Waals surface area contributed by atoms with Crippen LogP contribution in [-0.4, -0.2) is 52.5 Å². The number of hydrogen-bond donors (Lipinski definition) is 1. The van der Waals surface area contributed by atoms with Crippen molar-refractivity contribution in [3.05, 3.63) is 58.1 Å². The number of halogens is 1. The Balaban J connectivity index is 1.32. The van der Waals surface area contributed by atoms with Gasteiger partial charge in [0.1, 0.15) is 5.75 Å². The summed E-state index contributed by atoms with van der Waals surface area (Å²) in [7, 11) is -2.04. The molecule has 2 aromatic rings. The highest BCUT2D eigenvalue weighted by Crippen LogP contribution is 2.48. The lowest BCUT2D eigenvalue weighted by Gasteiger charge is -2.48. The third-order valence-electron chi connectivity index (χ3n) is 10.7. The maximum atomic E-state index is 13.4. The monoisotopic (exact) mass is 598 g/mol. The van der Waals surface area contributed by atoms with Crippen LogP contribution < -0.4 is 14.4 Å². The molecule has 1 spiro atoms. The van der Waals surface area contributed by atoms with Gasteiger partial charge in [0, 0.05) is 36.2 Å². The van der Waals surface area contributed by atoms with Gasteiger partial charge in [-0.15, -0.1) is 0 Å². The molecule has 0 saturated heterocycles. The Labute approximate surface area is 248 Å². The van der Waals surface area contributed by atoms with Gasteiger partial charge in [0.15, 0.2) is 0 Å².